The van der Waals surface area contributed by atoms with Gasteiger partial charge in [0.1, 0.15) is 0 Å². The van der Waals surface area contributed by atoms with Crippen LogP contribution >= 0.6 is 0 Å². The van der Waals surface area contributed by atoms with E-state index < -0.39 is 0 Å². The number of rotatable bonds is 3. The van der Waals surface area contributed by atoms with E-state index in [1.165, 1.54) is 0 Å². The molecule has 0 aromatic heterocycles. The number of amides is 1. The summed E-state index contributed by atoms with van der Waals surface area (Å²) in [4.78, 5) is 10.7. The Morgan fingerprint density at radius 2 is 2.45 bits per heavy atom. The number of piperidine rings is 1. The lowest BCUT2D eigenvalue weighted by atomic mass is 9.94. The monoisotopic (exact) mass is 156 g/mol. The Morgan fingerprint density at radius 1 is 1.64 bits per heavy atom. The van der Waals surface area contributed by atoms with Gasteiger partial charge >= 0.3 is 0 Å². The highest BCUT2D eigenvalue weighted by molar-refractivity contribution is 5.76. The third-order valence-corrected chi connectivity index (χ3v) is 2.18. The third kappa shape index (κ3) is 2.89. The van der Waals surface area contributed by atoms with Gasteiger partial charge in [-0.2, -0.15) is 0 Å². The lowest BCUT2D eigenvalue weighted by molar-refractivity contribution is -0.122. The normalized spacial score (nSPS) is 24.8. The zero-order valence-electron chi connectivity index (χ0n) is 6.81. The van der Waals surface area contributed by atoms with E-state index >= 15 is 0 Å². The minimum atomic E-state index is 0.203. The number of carbonyl (C=O) groups excluding carboxylic acids is 1. The maximum absolute atomic E-state index is 10.7. The Bertz CT molecular complexity index is 126. The quantitative estimate of drug-likeness (QED) is 0.615. The number of hydrogen-bond acceptors (Lipinski definition) is 2. The van der Waals surface area contributed by atoms with Crippen LogP contribution in [-0.4, -0.2) is 19.0 Å². The number of nitrogens with two attached hydrogens (primary N) is 1. The van der Waals surface area contributed by atoms with Crippen molar-refractivity contribution < 1.29 is 4.79 Å². The summed E-state index contributed by atoms with van der Waals surface area (Å²) in [7, 11) is 0. The van der Waals surface area contributed by atoms with Gasteiger partial charge in [-0.3, -0.25) is 4.79 Å². The van der Waals surface area contributed by atoms with Gasteiger partial charge in [0.05, 0.1) is 0 Å². The van der Waals surface area contributed by atoms with Crippen LogP contribution in [0.25, 0.3) is 0 Å². The first kappa shape index (κ1) is 8.53. The molecule has 11 heavy (non-hydrogen) atoms. The minimum Gasteiger partial charge on any atom is -0.356 e. The van der Waals surface area contributed by atoms with Gasteiger partial charge in [-0.1, -0.05) is 0 Å². The molecule has 1 amide bonds. The Balaban J connectivity index is 2.12. The second-order valence-corrected chi connectivity index (χ2v) is 3.14. The highest BCUT2D eigenvalue weighted by Gasteiger charge is 2.16. The van der Waals surface area contributed by atoms with Crippen molar-refractivity contribution in [2.75, 3.05) is 13.1 Å². The van der Waals surface area contributed by atoms with Crippen LogP contribution in [0.2, 0.25) is 0 Å². The molecule has 0 saturated carbocycles. The van der Waals surface area contributed by atoms with E-state index in [1.807, 2.05) is 0 Å². The molecule has 1 heterocycles. The standard InChI is InChI=1S/C8H16N2O/c9-5-1-2-7-3-4-8(11)10-6-7/h7H,1-6,9H2,(H,10,11). The molecule has 3 heteroatoms. The Morgan fingerprint density at radius 3 is 3.00 bits per heavy atom. The van der Waals surface area contributed by atoms with Crippen molar-refractivity contribution in [1.29, 1.82) is 0 Å². The molecule has 0 aromatic rings. The molecule has 1 aliphatic heterocycles. The van der Waals surface area contributed by atoms with E-state index in [4.69, 9.17) is 5.73 Å². The Labute approximate surface area is 67.3 Å². The number of carbonyl (C=O) groups is 1. The lowest BCUT2D eigenvalue weighted by Gasteiger charge is -2.21. The molecule has 1 atom stereocenters. The third-order valence-electron chi connectivity index (χ3n) is 2.18. The van der Waals surface area contributed by atoms with Crippen molar-refractivity contribution in [1.82, 2.24) is 5.32 Å². The van der Waals surface area contributed by atoms with Gasteiger partial charge in [0.15, 0.2) is 0 Å². The summed E-state index contributed by atoms with van der Waals surface area (Å²) in [5.41, 5.74) is 5.39. The van der Waals surface area contributed by atoms with E-state index in [0.717, 1.165) is 32.4 Å². The molecule has 0 spiro atoms. The molecule has 0 bridgehead atoms. The van der Waals surface area contributed by atoms with Gasteiger partial charge < -0.3 is 11.1 Å². The zero-order chi connectivity index (χ0) is 8.10. The van der Waals surface area contributed by atoms with Crippen LogP contribution in [0.15, 0.2) is 0 Å². The van der Waals surface area contributed by atoms with Gasteiger partial charge in [0, 0.05) is 13.0 Å². The molecule has 0 aliphatic carbocycles. The molecule has 1 unspecified atom stereocenters. The summed E-state index contributed by atoms with van der Waals surface area (Å²) in [5.74, 6) is 0.880. The van der Waals surface area contributed by atoms with E-state index in [-0.39, 0.29) is 5.91 Å². The lowest BCUT2D eigenvalue weighted by Crippen LogP contribution is -2.34. The molecule has 1 aliphatic rings. The fraction of sp³-hybridized carbons (Fsp3) is 0.875. The topological polar surface area (TPSA) is 55.1 Å². The van der Waals surface area contributed by atoms with Crippen molar-refractivity contribution in [2.24, 2.45) is 11.7 Å². The van der Waals surface area contributed by atoms with Crippen LogP contribution in [-0.2, 0) is 4.79 Å². The Kier molecular flexibility index (Phi) is 3.36. The molecule has 3 nitrogen and oxygen atoms in total. The van der Waals surface area contributed by atoms with Crippen molar-refractivity contribution >= 4 is 5.91 Å². The van der Waals surface area contributed by atoms with Gasteiger partial charge in [-0.15, -0.1) is 0 Å². The van der Waals surface area contributed by atoms with Gasteiger partial charge in [-0.05, 0) is 31.7 Å². The maximum Gasteiger partial charge on any atom is 0.220 e. The predicted molar refractivity (Wildman–Crippen MR) is 44.0 cm³/mol. The highest BCUT2D eigenvalue weighted by atomic mass is 16.1. The number of hydrogen-bond donors (Lipinski definition) is 2. The molecule has 1 fully saturated rings. The summed E-state index contributed by atoms with van der Waals surface area (Å²) in [6.07, 6.45) is 4.00. The average Bonchev–Trinajstić information content (AvgIpc) is 2.04. The first-order valence-corrected chi connectivity index (χ1v) is 4.29. The van der Waals surface area contributed by atoms with E-state index in [9.17, 15) is 4.79 Å². The molecule has 1 rings (SSSR count). The molecule has 3 N–H and O–H groups in total. The smallest absolute Gasteiger partial charge is 0.220 e. The van der Waals surface area contributed by atoms with Crippen LogP contribution < -0.4 is 11.1 Å². The van der Waals surface area contributed by atoms with Crippen LogP contribution in [0, 0.1) is 5.92 Å². The van der Waals surface area contributed by atoms with Gasteiger partial charge in [-0.25, -0.2) is 0 Å². The summed E-state index contributed by atoms with van der Waals surface area (Å²) in [6.45, 7) is 1.63. The van der Waals surface area contributed by atoms with Crippen LogP contribution in [0.1, 0.15) is 25.7 Å². The Hall–Kier alpha value is -0.570. The summed E-state index contributed by atoms with van der Waals surface area (Å²) in [5, 5.41) is 2.86. The molecule has 0 aromatic carbocycles. The van der Waals surface area contributed by atoms with Gasteiger partial charge in [0.2, 0.25) is 5.91 Å². The predicted octanol–water partition coefficient (Wildman–Crippen LogP) is 0.252. The molecular weight excluding hydrogens is 140 g/mol. The SMILES string of the molecule is NCCCC1CCC(=O)NC1. The summed E-state index contributed by atoms with van der Waals surface area (Å²) in [6, 6.07) is 0. The molecular formula is C8H16N2O. The zero-order valence-corrected chi connectivity index (χ0v) is 6.81. The highest BCUT2D eigenvalue weighted by Crippen LogP contribution is 2.15. The van der Waals surface area contributed by atoms with Crippen LogP contribution in [0.5, 0.6) is 0 Å². The molecule has 1 saturated heterocycles. The summed E-state index contributed by atoms with van der Waals surface area (Å²) < 4.78 is 0. The fourth-order valence-corrected chi connectivity index (χ4v) is 1.44. The van der Waals surface area contributed by atoms with E-state index in [2.05, 4.69) is 5.32 Å². The van der Waals surface area contributed by atoms with Gasteiger partial charge in [0.25, 0.3) is 0 Å². The van der Waals surface area contributed by atoms with E-state index in [0.29, 0.717) is 12.3 Å². The second-order valence-electron chi connectivity index (χ2n) is 3.14. The van der Waals surface area contributed by atoms with Crippen molar-refractivity contribution in [2.45, 2.75) is 25.7 Å². The molecule has 64 valence electrons. The largest absolute Gasteiger partial charge is 0.356 e. The average molecular weight is 156 g/mol. The maximum atomic E-state index is 10.7. The molecule has 0 radical (unpaired) electrons. The summed E-state index contributed by atoms with van der Waals surface area (Å²) >= 11 is 0. The van der Waals surface area contributed by atoms with Crippen LogP contribution in [0.4, 0.5) is 0 Å². The van der Waals surface area contributed by atoms with Crippen LogP contribution in [0.3, 0.4) is 0 Å². The fourth-order valence-electron chi connectivity index (χ4n) is 1.44. The number of nitrogens with one attached hydrogen (secondary N) is 1. The van der Waals surface area contributed by atoms with Crippen molar-refractivity contribution in [3.63, 3.8) is 0 Å². The second kappa shape index (κ2) is 4.34. The van der Waals surface area contributed by atoms with Crippen molar-refractivity contribution in [3.05, 3.63) is 0 Å². The van der Waals surface area contributed by atoms with E-state index in [1.54, 1.807) is 0 Å². The first-order valence-electron chi connectivity index (χ1n) is 4.29. The minimum absolute atomic E-state index is 0.203. The first-order chi connectivity index (χ1) is 5.33. The van der Waals surface area contributed by atoms with Crippen molar-refractivity contribution in [3.8, 4) is 0 Å².